The molecule has 1 amide bonds. The molecule has 0 unspecified atom stereocenters. The van der Waals surface area contributed by atoms with Crippen molar-refractivity contribution in [2.24, 2.45) is 0 Å². The van der Waals surface area contributed by atoms with Crippen molar-refractivity contribution in [3.05, 3.63) is 84.7 Å². The molecule has 0 atom stereocenters. The number of anilines is 1. The molecule has 0 radical (unpaired) electrons. The molecule has 4 aromatic rings. The lowest BCUT2D eigenvalue weighted by atomic mass is 10.1. The van der Waals surface area contributed by atoms with Gasteiger partial charge >= 0.3 is 6.36 Å². The smallest absolute Gasteiger partial charge is 0.496 e. The lowest BCUT2D eigenvalue weighted by molar-refractivity contribution is -0.274. The summed E-state index contributed by atoms with van der Waals surface area (Å²) < 4.78 is 47.4. The van der Waals surface area contributed by atoms with Crippen LogP contribution in [0.25, 0.3) is 17.1 Å². The van der Waals surface area contributed by atoms with Crippen LogP contribution < -0.4 is 14.8 Å². The third-order valence-electron chi connectivity index (χ3n) is 4.58. The fourth-order valence-electron chi connectivity index (χ4n) is 3.05. The SMILES string of the molecule is COc1ccccc1C(=O)Nc1ccc(-c2ncn(-c3ccc(OC(F)(F)F)cc3)n2)cc1. The van der Waals surface area contributed by atoms with Crippen molar-refractivity contribution in [1.82, 2.24) is 14.8 Å². The summed E-state index contributed by atoms with van der Waals surface area (Å²) in [6, 6.07) is 19.1. The molecule has 0 saturated carbocycles. The van der Waals surface area contributed by atoms with Gasteiger partial charge in [0.1, 0.15) is 17.8 Å². The van der Waals surface area contributed by atoms with Gasteiger partial charge in [0, 0.05) is 11.3 Å². The molecular formula is C23H17F3N4O3. The molecule has 33 heavy (non-hydrogen) atoms. The van der Waals surface area contributed by atoms with Gasteiger partial charge in [0.2, 0.25) is 0 Å². The second-order valence-electron chi connectivity index (χ2n) is 6.79. The maximum absolute atomic E-state index is 12.5. The fraction of sp³-hybridized carbons (Fsp3) is 0.0870. The van der Waals surface area contributed by atoms with Crippen molar-refractivity contribution in [1.29, 1.82) is 0 Å². The monoisotopic (exact) mass is 454 g/mol. The minimum atomic E-state index is -4.75. The number of rotatable bonds is 6. The van der Waals surface area contributed by atoms with E-state index < -0.39 is 6.36 Å². The number of para-hydroxylation sites is 1. The molecule has 0 spiro atoms. The number of carbonyl (C=O) groups is 1. The Morgan fingerprint density at radius 2 is 1.67 bits per heavy atom. The van der Waals surface area contributed by atoms with Crippen LogP contribution in [-0.4, -0.2) is 34.1 Å². The van der Waals surface area contributed by atoms with Gasteiger partial charge in [-0.3, -0.25) is 4.79 Å². The second kappa shape index (κ2) is 9.03. The molecule has 1 aromatic heterocycles. The van der Waals surface area contributed by atoms with Crippen molar-refractivity contribution in [2.45, 2.75) is 6.36 Å². The van der Waals surface area contributed by atoms with Gasteiger partial charge in [-0.15, -0.1) is 18.3 Å². The van der Waals surface area contributed by atoms with Gasteiger partial charge in [-0.1, -0.05) is 12.1 Å². The number of nitrogens with one attached hydrogen (secondary N) is 1. The van der Waals surface area contributed by atoms with Crippen LogP contribution in [0.5, 0.6) is 11.5 Å². The number of aromatic nitrogens is 3. The Morgan fingerprint density at radius 1 is 0.970 bits per heavy atom. The van der Waals surface area contributed by atoms with Crippen molar-refractivity contribution in [3.63, 3.8) is 0 Å². The van der Waals surface area contributed by atoms with Crippen LogP contribution in [0.15, 0.2) is 79.1 Å². The van der Waals surface area contributed by atoms with E-state index in [1.807, 2.05) is 0 Å². The maximum atomic E-state index is 12.5. The molecule has 4 rings (SSSR count). The molecule has 0 saturated heterocycles. The molecule has 10 heteroatoms. The van der Waals surface area contributed by atoms with E-state index in [9.17, 15) is 18.0 Å². The summed E-state index contributed by atoms with van der Waals surface area (Å²) in [7, 11) is 1.50. The van der Waals surface area contributed by atoms with E-state index in [1.165, 1.54) is 42.4 Å². The second-order valence-corrected chi connectivity index (χ2v) is 6.79. The van der Waals surface area contributed by atoms with Crippen molar-refractivity contribution in [3.8, 4) is 28.6 Å². The first kappa shape index (κ1) is 21.9. The highest BCUT2D eigenvalue weighted by atomic mass is 19.4. The Bertz CT molecular complexity index is 1250. The zero-order valence-corrected chi connectivity index (χ0v) is 17.2. The Hall–Kier alpha value is -4.34. The molecular weight excluding hydrogens is 437 g/mol. The summed E-state index contributed by atoms with van der Waals surface area (Å²) in [5.41, 5.74) is 2.20. The summed E-state index contributed by atoms with van der Waals surface area (Å²) in [4.78, 5) is 16.8. The summed E-state index contributed by atoms with van der Waals surface area (Å²) >= 11 is 0. The molecule has 0 aliphatic rings. The first-order valence-electron chi connectivity index (χ1n) is 9.65. The van der Waals surface area contributed by atoms with Crippen LogP contribution in [0.1, 0.15) is 10.4 Å². The van der Waals surface area contributed by atoms with Crippen LogP contribution in [0.3, 0.4) is 0 Å². The van der Waals surface area contributed by atoms with Crippen LogP contribution in [0.4, 0.5) is 18.9 Å². The number of hydrogen-bond acceptors (Lipinski definition) is 5. The zero-order valence-electron chi connectivity index (χ0n) is 17.2. The summed E-state index contributed by atoms with van der Waals surface area (Å²) in [5.74, 6) is 0.255. The zero-order chi connectivity index (χ0) is 23.4. The number of nitrogens with zero attached hydrogens (tertiary/aromatic N) is 3. The van der Waals surface area contributed by atoms with Crippen LogP contribution in [0.2, 0.25) is 0 Å². The van der Waals surface area contributed by atoms with Crippen molar-refractivity contribution < 1.29 is 27.4 Å². The Balaban J connectivity index is 1.45. The number of amides is 1. The van der Waals surface area contributed by atoms with E-state index in [0.717, 1.165) is 0 Å². The number of ether oxygens (including phenoxy) is 2. The van der Waals surface area contributed by atoms with E-state index in [1.54, 1.807) is 48.5 Å². The standard InChI is InChI=1S/C23H17F3N4O3/c1-32-20-5-3-2-4-19(20)22(31)28-16-8-6-15(7-9-16)21-27-14-30(29-21)17-10-12-18(13-11-17)33-23(24,25)26/h2-14H,1H3,(H,28,31). The van der Waals surface area contributed by atoms with E-state index in [0.29, 0.717) is 34.1 Å². The average molecular weight is 454 g/mol. The molecule has 0 aliphatic carbocycles. The largest absolute Gasteiger partial charge is 0.573 e. The number of hydrogen-bond donors (Lipinski definition) is 1. The molecule has 1 heterocycles. The summed E-state index contributed by atoms with van der Waals surface area (Å²) in [6.07, 6.45) is -3.30. The fourth-order valence-corrected chi connectivity index (χ4v) is 3.05. The molecule has 0 fully saturated rings. The van der Waals surface area contributed by atoms with Crippen molar-refractivity contribution >= 4 is 11.6 Å². The molecule has 0 bridgehead atoms. The van der Waals surface area contributed by atoms with Gasteiger partial charge in [0.25, 0.3) is 5.91 Å². The highest BCUT2D eigenvalue weighted by Gasteiger charge is 2.31. The van der Waals surface area contributed by atoms with Gasteiger partial charge in [-0.2, -0.15) is 0 Å². The third-order valence-corrected chi connectivity index (χ3v) is 4.58. The quantitative estimate of drug-likeness (QED) is 0.439. The summed E-state index contributed by atoms with van der Waals surface area (Å²) in [6.45, 7) is 0. The van der Waals surface area contributed by atoms with Crippen LogP contribution in [-0.2, 0) is 0 Å². The number of carbonyl (C=O) groups excluding carboxylic acids is 1. The molecule has 1 N–H and O–H groups in total. The first-order chi connectivity index (χ1) is 15.8. The topological polar surface area (TPSA) is 78.3 Å². The lowest BCUT2D eigenvalue weighted by Gasteiger charge is -2.09. The predicted octanol–water partition coefficient (Wildman–Crippen LogP) is 5.09. The van der Waals surface area contributed by atoms with E-state index in [2.05, 4.69) is 20.1 Å². The van der Waals surface area contributed by atoms with Gasteiger partial charge in [0.15, 0.2) is 5.82 Å². The number of halogens is 3. The maximum Gasteiger partial charge on any atom is 0.573 e. The Kier molecular flexibility index (Phi) is 5.99. The molecule has 3 aromatic carbocycles. The lowest BCUT2D eigenvalue weighted by Crippen LogP contribution is -2.17. The predicted molar refractivity (Wildman–Crippen MR) is 114 cm³/mol. The molecule has 7 nitrogen and oxygen atoms in total. The normalized spacial score (nSPS) is 11.2. The Morgan fingerprint density at radius 3 is 2.33 bits per heavy atom. The number of benzene rings is 3. The Labute approximate surface area is 186 Å². The van der Waals surface area contributed by atoms with Gasteiger partial charge in [0.05, 0.1) is 18.4 Å². The number of alkyl halides is 3. The molecule has 168 valence electrons. The van der Waals surface area contributed by atoms with Gasteiger partial charge in [-0.25, -0.2) is 9.67 Å². The minimum absolute atomic E-state index is 0.305. The van der Waals surface area contributed by atoms with Crippen molar-refractivity contribution in [2.75, 3.05) is 12.4 Å². The molecule has 0 aliphatic heterocycles. The minimum Gasteiger partial charge on any atom is -0.496 e. The average Bonchev–Trinajstić information content (AvgIpc) is 3.29. The van der Waals surface area contributed by atoms with E-state index in [-0.39, 0.29) is 11.7 Å². The third kappa shape index (κ3) is 5.29. The first-order valence-corrected chi connectivity index (χ1v) is 9.65. The van der Waals surface area contributed by atoms with E-state index >= 15 is 0 Å². The summed E-state index contributed by atoms with van der Waals surface area (Å²) in [5, 5.41) is 7.16. The van der Waals surface area contributed by atoms with E-state index in [4.69, 9.17) is 4.74 Å². The van der Waals surface area contributed by atoms with Gasteiger partial charge in [-0.05, 0) is 60.7 Å². The highest BCUT2D eigenvalue weighted by molar-refractivity contribution is 6.06. The number of methoxy groups -OCH3 is 1. The van der Waals surface area contributed by atoms with Gasteiger partial charge < -0.3 is 14.8 Å². The van der Waals surface area contributed by atoms with Crippen LogP contribution >= 0.6 is 0 Å². The van der Waals surface area contributed by atoms with Crippen LogP contribution in [0, 0.1) is 0 Å². The highest BCUT2D eigenvalue weighted by Crippen LogP contribution is 2.25.